The Balaban J connectivity index is 1.65. The molecule has 1 aliphatic rings. The van der Waals surface area contributed by atoms with Crippen molar-refractivity contribution >= 4 is 17.2 Å². The number of carbonyl (C=O) groups is 1. The van der Waals surface area contributed by atoms with Crippen molar-refractivity contribution in [3.8, 4) is 0 Å². The van der Waals surface area contributed by atoms with Crippen LogP contribution in [0.3, 0.4) is 0 Å². The lowest BCUT2D eigenvalue weighted by Gasteiger charge is -2.32. The molecule has 1 saturated heterocycles. The summed E-state index contributed by atoms with van der Waals surface area (Å²) in [5.74, 6) is 0.0538. The van der Waals surface area contributed by atoms with Crippen molar-refractivity contribution in [2.24, 2.45) is 0 Å². The van der Waals surface area contributed by atoms with Crippen LogP contribution in [0.4, 0.5) is 0 Å². The number of aromatic nitrogens is 3. The molecule has 1 amide bonds. The molecule has 5 nitrogen and oxygen atoms in total. The third-order valence-corrected chi connectivity index (χ3v) is 4.38. The molecule has 0 saturated carbocycles. The van der Waals surface area contributed by atoms with Crippen LogP contribution in [0.2, 0.25) is 0 Å². The van der Waals surface area contributed by atoms with Crippen LogP contribution in [-0.4, -0.2) is 38.7 Å². The summed E-state index contributed by atoms with van der Waals surface area (Å²) in [4.78, 5) is 18.2. The summed E-state index contributed by atoms with van der Waals surface area (Å²) in [6, 6.07) is 2.51. The third kappa shape index (κ3) is 2.47. The van der Waals surface area contributed by atoms with Crippen LogP contribution in [0, 0.1) is 13.8 Å². The van der Waals surface area contributed by atoms with Gasteiger partial charge in [-0.25, -0.2) is 4.98 Å². The van der Waals surface area contributed by atoms with E-state index in [0.717, 1.165) is 31.6 Å². The molecule has 0 spiro atoms. The lowest BCUT2D eigenvalue weighted by Crippen LogP contribution is -2.39. The number of aryl methyl sites for hydroxylation is 2. The van der Waals surface area contributed by atoms with E-state index in [1.807, 2.05) is 17.2 Å². The Bertz CT molecular complexity index is 597. The molecule has 0 aliphatic carbocycles. The standard InChI is InChI=1S/C14H18N4OS/c1-10-7-11(2)18(16-10)12-3-5-17(6-4-12)14(19)13-8-20-9-15-13/h7-9,12H,3-6H2,1-2H3. The maximum atomic E-state index is 12.2. The predicted molar refractivity (Wildman–Crippen MR) is 78.0 cm³/mol. The second kappa shape index (κ2) is 5.36. The Labute approximate surface area is 122 Å². The maximum absolute atomic E-state index is 12.2. The average molecular weight is 290 g/mol. The minimum Gasteiger partial charge on any atom is -0.337 e. The van der Waals surface area contributed by atoms with Gasteiger partial charge in [-0.15, -0.1) is 11.3 Å². The van der Waals surface area contributed by atoms with Gasteiger partial charge in [0, 0.05) is 24.2 Å². The summed E-state index contributed by atoms with van der Waals surface area (Å²) < 4.78 is 2.11. The van der Waals surface area contributed by atoms with Gasteiger partial charge >= 0.3 is 0 Å². The maximum Gasteiger partial charge on any atom is 0.273 e. The summed E-state index contributed by atoms with van der Waals surface area (Å²) in [5.41, 5.74) is 4.53. The van der Waals surface area contributed by atoms with Crippen molar-refractivity contribution in [1.29, 1.82) is 0 Å². The summed E-state index contributed by atoms with van der Waals surface area (Å²) in [6.07, 6.45) is 1.91. The Hall–Kier alpha value is -1.69. The van der Waals surface area contributed by atoms with E-state index in [9.17, 15) is 4.79 Å². The SMILES string of the molecule is Cc1cc(C)n(C2CCN(C(=O)c3cscn3)CC2)n1. The summed E-state index contributed by atoms with van der Waals surface area (Å²) >= 11 is 1.46. The number of likely N-dealkylation sites (tertiary alicyclic amines) is 1. The molecular formula is C14H18N4OS. The topological polar surface area (TPSA) is 51.0 Å². The number of nitrogens with zero attached hydrogens (tertiary/aromatic N) is 4. The summed E-state index contributed by atoms with van der Waals surface area (Å²) in [5, 5.41) is 6.37. The van der Waals surface area contributed by atoms with Crippen molar-refractivity contribution in [2.45, 2.75) is 32.7 Å². The fourth-order valence-electron chi connectivity index (χ4n) is 2.81. The Kier molecular flexibility index (Phi) is 3.56. The monoisotopic (exact) mass is 290 g/mol. The average Bonchev–Trinajstić information content (AvgIpc) is 3.08. The second-order valence-electron chi connectivity index (χ2n) is 5.27. The largest absolute Gasteiger partial charge is 0.337 e. The van der Waals surface area contributed by atoms with Crippen LogP contribution in [0.1, 0.15) is 40.8 Å². The smallest absolute Gasteiger partial charge is 0.273 e. The first-order chi connectivity index (χ1) is 9.65. The lowest BCUT2D eigenvalue weighted by molar-refractivity contribution is 0.0684. The summed E-state index contributed by atoms with van der Waals surface area (Å²) in [6.45, 7) is 5.66. The molecule has 3 rings (SSSR count). The molecule has 2 aromatic heterocycles. The Morgan fingerprint density at radius 2 is 2.10 bits per heavy atom. The van der Waals surface area contributed by atoms with Gasteiger partial charge in [-0.3, -0.25) is 9.48 Å². The molecule has 6 heteroatoms. The molecule has 0 radical (unpaired) electrons. The highest BCUT2D eigenvalue weighted by Gasteiger charge is 2.26. The summed E-state index contributed by atoms with van der Waals surface area (Å²) in [7, 11) is 0. The highest BCUT2D eigenvalue weighted by molar-refractivity contribution is 7.07. The normalized spacial score (nSPS) is 16.6. The lowest BCUT2D eigenvalue weighted by atomic mass is 10.0. The quantitative estimate of drug-likeness (QED) is 0.853. The van der Waals surface area contributed by atoms with Crippen LogP contribution < -0.4 is 0 Å². The van der Waals surface area contributed by atoms with Gasteiger partial charge in [0.1, 0.15) is 5.69 Å². The van der Waals surface area contributed by atoms with Gasteiger partial charge in [0.15, 0.2) is 0 Å². The van der Waals surface area contributed by atoms with Crippen LogP contribution in [0.15, 0.2) is 17.0 Å². The molecule has 20 heavy (non-hydrogen) atoms. The number of rotatable bonds is 2. The first-order valence-corrected chi connectivity index (χ1v) is 7.79. The van der Waals surface area contributed by atoms with Crippen LogP contribution in [0.5, 0.6) is 0 Å². The van der Waals surface area contributed by atoms with Gasteiger partial charge in [-0.2, -0.15) is 5.10 Å². The molecular weight excluding hydrogens is 272 g/mol. The zero-order valence-corrected chi connectivity index (χ0v) is 12.6. The van der Waals surface area contributed by atoms with Crippen LogP contribution >= 0.6 is 11.3 Å². The number of carbonyl (C=O) groups excluding carboxylic acids is 1. The van der Waals surface area contributed by atoms with Crippen molar-refractivity contribution in [1.82, 2.24) is 19.7 Å². The van der Waals surface area contributed by atoms with Gasteiger partial charge in [0.05, 0.1) is 17.2 Å². The van der Waals surface area contributed by atoms with Crippen molar-refractivity contribution in [2.75, 3.05) is 13.1 Å². The predicted octanol–water partition coefficient (Wildman–Crippen LogP) is 2.43. The van der Waals surface area contributed by atoms with E-state index in [1.165, 1.54) is 17.0 Å². The zero-order chi connectivity index (χ0) is 14.1. The number of hydrogen-bond acceptors (Lipinski definition) is 4. The van der Waals surface area contributed by atoms with E-state index in [1.54, 1.807) is 5.51 Å². The van der Waals surface area contributed by atoms with Crippen LogP contribution in [-0.2, 0) is 0 Å². The first kappa shape index (κ1) is 13.3. The van der Waals surface area contributed by atoms with E-state index in [0.29, 0.717) is 11.7 Å². The molecule has 0 unspecified atom stereocenters. The molecule has 2 aromatic rings. The number of thiazole rings is 1. The van der Waals surface area contributed by atoms with E-state index in [2.05, 4.69) is 27.8 Å². The van der Waals surface area contributed by atoms with Gasteiger partial charge in [-0.1, -0.05) is 0 Å². The minimum atomic E-state index is 0.0538. The molecule has 0 N–H and O–H groups in total. The fourth-order valence-corrected chi connectivity index (χ4v) is 3.34. The van der Waals surface area contributed by atoms with Crippen molar-refractivity contribution in [3.05, 3.63) is 34.0 Å². The zero-order valence-electron chi connectivity index (χ0n) is 11.7. The highest BCUT2D eigenvalue weighted by atomic mass is 32.1. The van der Waals surface area contributed by atoms with Crippen LogP contribution in [0.25, 0.3) is 0 Å². The van der Waals surface area contributed by atoms with Gasteiger partial charge in [0.2, 0.25) is 0 Å². The molecule has 1 aliphatic heterocycles. The number of piperidine rings is 1. The molecule has 0 bridgehead atoms. The third-order valence-electron chi connectivity index (χ3n) is 3.79. The fraction of sp³-hybridized carbons (Fsp3) is 0.500. The highest BCUT2D eigenvalue weighted by Crippen LogP contribution is 2.24. The second-order valence-corrected chi connectivity index (χ2v) is 5.99. The van der Waals surface area contributed by atoms with Gasteiger partial charge < -0.3 is 4.90 Å². The number of hydrogen-bond donors (Lipinski definition) is 0. The van der Waals surface area contributed by atoms with Gasteiger partial charge in [-0.05, 0) is 32.8 Å². The molecule has 0 atom stereocenters. The molecule has 3 heterocycles. The van der Waals surface area contributed by atoms with E-state index < -0.39 is 0 Å². The van der Waals surface area contributed by atoms with E-state index >= 15 is 0 Å². The van der Waals surface area contributed by atoms with E-state index in [-0.39, 0.29) is 5.91 Å². The molecule has 106 valence electrons. The minimum absolute atomic E-state index is 0.0538. The Morgan fingerprint density at radius 3 is 2.65 bits per heavy atom. The van der Waals surface area contributed by atoms with Crippen molar-refractivity contribution in [3.63, 3.8) is 0 Å². The number of amides is 1. The van der Waals surface area contributed by atoms with E-state index in [4.69, 9.17) is 0 Å². The van der Waals surface area contributed by atoms with Crippen molar-refractivity contribution < 1.29 is 4.79 Å². The van der Waals surface area contributed by atoms with Gasteiger partial charge in [0.25, 0.3) is 5.91 Å². The molecule has 1 fully saturated rings. The first-order valence-electron chi connectivity index (χ1n) is 6.85. The Morgan fingerprint density at radius 1 is 1.35 bits per heavy atom. The molecule has 0 aromatic carbocycles.